The summed E-state index contributed by atoms with van der Waals surface area (Å²) in [4.78, 5) is 37.0. The Labute approximate surface area is 190 Å². The van der Waals surface area contributed by atoms with E-state index < -0.39 is 34.9 Å². The summed E-state index contributed by atoms with van der Waals surface area (Å²) in [6, 6.07) is 4.91. The Kier molecular flexibility index (Phi) is 9.35. The standard InChI is InChI=1S/C20H18O6.C2H7N.C2H6.H2O.2H2/c1-8(21)14-13(23)7-11-6-10-5-9-3-2-4-12(22)15(9)19(25)16(10)20(26)17(11)18(14)24;1-3-2;1-2;;;/h2-4,10-11,17,22,24-25H,5-7H2,1H3;3H,1-2H3;1-2H3;1H2;2*1H. The zero-order valence-corrected chi connectivity index (χ0v) is 19.2. The van der Waals surface area contributed by atoms with Crippen molar-refractivity contribution in [2.75, 3.05) is 14.1 Å². The van der Waals surface area contributed by atoms with E-state index in [0.717, 1.165) is 5.56 Å². The Morgan fingerprint density at radius 1 is 1.09 bits per heavy atom. The monoisotopic (exact) mass is 451 g/mol. The molecule has 0 aromatic heterocycles. The number of aromatic hydroxyl groups is 1. The van der Waals surface area contributed by atoms with Crippen molar-refractivity contribution in [2.45, 2.75) is 40.0 Å². The first-order chi connectivity index (χ1) is 14.7. The molecule has 32 heavy (non-hydrogen) atoms. The molecule has 8 heteroatoms. The second kappa shape index (κ2) is 11.1. The number of aliphatic hydroxyl groups is 2. The minimum absolute atomic E-state index is 0. The normalized spacial score (nSPS) is 23.3. The molecule has 4 rings (SSSR count). The van der Waals surface area contributed by atoms with Gasteiger partial charge in [0.15, 0.2) is 17.3 Å². The summed E-state index contributed by atoms with van der Waals surface area (Å²) in [5.74, 6) is -3.99. The van der Waals surface area contributed by atoms with Crippen molar-refractivity contribution in [3.63, 3.8) is 0 Å². The Balaban J connectivity index is 0. The predicted octanol–water partition coefficient (Wildman–Crippen LogP) is 2.94. The molecule has 3 aliphatic carbocycles. The highest BCUT2D eigenvalue weighted by molar-refractivity contribution is 6.21. The van der Waals surface area contributed by atoms with Crippen molar-refractivity contribution in [3.8, 4) is 5.75 Å². The van der Waals surface area contributed by atoms with Crippen LogP contribution in [-0.4, -0.2) is 52.2 Å². The number of hydrogen-bond acceptors (Lipinski definition) is 7. The molecule has 8 nitrogen and oxygen atoms in total. The van der Waals surface area contributed by atoms with E-state index in [1.54, 1.807) is 12.1 Å². The zero-order chi connectivity index (χ0) is 23.5. The first kappa shape index (κ1) is 27.1. The van der Waals surface area contributed by atoms with Crippen molar-refractivity contribution in [1.29, 1.82) is 0 Å². The molecule has 0 amide bonds. The zero-order valence-electron chi connectivity index (χ0n) is 19.2. The van der Waals surface area contributed by atoms with E-state index in [9.17, 15) is 29.7 Å². The molecule has 1 fully saturated rings. The van der Waals surface area contributed by atoms with E-state index in [-0.39, 0.29) is 48.9 Å². The van der Waals surface area contributed by atoms with Gasteiger partial charge in [0, 0.05) is 14.8 Å². The number of nitrogens with one attached hydrogen (secondary N) is 1. The average molecular weight is 452 g/mol. The summed E-state index contributed by atoms with van der Waals surface area (Å²) in [5, 5.41) is 34.0. The van der Waals surface area contributed by atoms with Crippen LogP contribution >= 0.6 is 0 Å². The molecule has 1 saturated carbocycles. The van der Waals surface area contributed by atoms with E-state index in [2.05, 4.69) is 5.32 Å². The number of Topliss-reactive ketones (excluding diaryl/α,β-unsaturated/α-hetero) is 3. The van der Waals surface area contributed by atoms with Gasteiger partial charge < -0.3 is 26.1 Å². The minimum Gasteiger partial charge on any atom is -0.511 e. The van der Waals surface area contributed by atoms with Gasteiger partial charge in [0.25, 0.3) is 0 Å². The van der Waals surface area contributed by atoms with Crippen LogP contribution in [0, 0.1) is 17.8 Å². The third-order valence-corrected chi connectivity index (χ3v) is 5.73. The third kappa shape index (κ3) is 4.61. The molecule has 0 spiro atoms. The fourth-order valence-electron chi connectivity index (χ4n) is 4.69. The number of aliphatic hydroxyl groups excluding tert-OH is 2. The van der Waals surface area contributed by atoms with E-state index >= 15 is 0 Å². The first-order valence-electron chi connectivity index (χ1n) is 10.6. The summed E-state index contributed by atoms with van der Waals surface area (Å²) in [7, 11) is 3.75. The van der Waals surface area contributed by atoms with Crippen molar-refractivity contribution >= 4 is 23.1 Å². The summed E-state index contributed by atoms with van der Waals surface area (Å²) < 4.78 is 0. The van der Waals surface area contributed by atoms with Gasteiger partial charge in [-0.15, -0.1) is 0 Å². The van der Waals surface area contributed by atoms with Gasteiger partial charge in [-0.05, 0) is 57.3 Å². The molecule has 1 aromatic rings. The van der Waals surface area contributed by atoms with Crippen molar-refractivity contribution < 1.29 is 38.0 Å². The lowest BCUT2D eigenvalue weighted by atomic mass is 9.61. The van der Waals surface area contributed by atoms with Crippen molar-refractivity contribution in [2.24, 2.45) is 17.8 Å². The van der Waals surface area contributed by atoms with E-state index in [0.29, 0.717) is 12.8 Å². The Morgan fingerprint density at radius 3 is 2.25 bits per heavy atom. The summed E-state index contributed by atoms with van der Waals surface area (Å²) >= 11 is 0. The number of fused-ring (bicyclic) bond motifs is 3. The predicted molar refractivity (Wildman–Crippen MR) is 126 cm³/mol. The fourth-order valence-corrected chi connectivity index (χ4v) is 4.69. The van der Waals surface area contributed by atoms with E-state index in [1.165, 1.54) is 13.0 Å². The number of hydrogen-bond donors (Lipinski definition) is 4. The van der Waals surface area contributed by atoms with Crippen LogP contribution in [0.2, 0.25) is 0 Å². The molecule has 3 unspecified atom stereocenters. The van der Waals surface area contributed by atoms with Crippen LogP contribution in [0.15, 0.2) is 35.1 Å². The molecule has 0 saturated heterocycles. The van der Waals surface area contributed by atoms with Crippen LogP contribution in [0.3, 0.4) is 0 Å². The average Bonchev–Trinajstić information content (AvgIpc) is 2.69. The Bertz CT molecular complexity index is 972. The first-order valence-corrected chi connectivity index (χ1v) is 10.6. The van der Waals surface area contributed by atoms with Crippen LogP contribution in [-0.2, 0) is 20.8 Å². The topological polar surface area (TPSA) is 155 Å². The number of allylic oxidation sites excluding steroid dienone is 3. The molecule has 1 aromatic carbocycles. The summed E-state index contributed by atoms with van der Waals surface area (Å²) in [6.45, 7) is 5.19. The van der Waals surface area contributed by atoms with Gasteiger partial charge in [-0.1, -0.05) is 26.0 Å². The summed E-state index contributed by atoms with van der Waals surface area (Å²) in [5.41, 5.74) is 0.850. The van der Waals surface area contributed by atoms with E-state index in [1.807, 2.05) is 27.9 Å². The van der Waals surface area contributed by atoms with Crippen LogP contribution in [0.4, 0.5) is 0 Å². The van der Waals surface area contributed by atoms with Crippen LogP contribution < -0.4 is 5.32 Å². The molecular weight excluding hydrogens is 414 g/mol. The largest absolute Gasteiger partial charge is 0.511 e. The van der Waals surface area contributed by atoms with Crippen LogP contribution in [0.1, 0.15) is 47.6 Å². The lowest BCUT2D eigenvalue weighted by Gasteiger charge is -2.41. The highest BCUT2D eigenvalue weighted by atomic mass is 16.3. The van der Waals surface area contributed by atoms with Gasteiger partial charge in [0.2, 0.25) is 0 Å². The molecule has 0 radical (unpaired) electrons. The molecule has 6 N–H and O–H groups in total. The maximum atomic E-state index is 13.1. The highest BCUT2D eigenvalue weighted by Crippen LogP contribution is 2.49. The second-order valence-corrected chi connectivity index (χ2v) is 7.76. The molecule has 3 atom stereocenters. The van der Waals surface area contributed by atoms with Crippen LogP contribution in [0.25, 0.3) is 5.76 Å². The third-order valence-electron chi connectivity index (χ3n) is 5.73. The van der Waals surface area contributed by atoms with E-state index in [4.69, 9.17) is 0 Å². The number of rotatable bonds is 1. The highest BCUT2D eigenvalue weighted by Gasteiger charge is 2.50. The van der Waals surface area contributed by atoms with Crippen molar-refractivity contribution in [3.05, 3.63) is 46.2 Å². The number of phenols is 1. The number of carbonyl (C=O) groups excluding carboxylic acids is 3. The number of phenolic OH excluding ortho intramolecular Hbond substituents is 1. The van der Waals surface area contributed by atoms with Gasteiger partial charge in [0.05, 0.1) is 17.1 Å². The molecule has 0 aliphatic heterocycles. The fraction of sp³-hybridized carbons (Fsp3) is 0.458. The number of ketones is 3. The van der Waals surface area contributed by atoms with Gasteiger partial charge in [-0.2, -0.15) is 0 Å². The summed E-state index contributed by atoms with van der Waals surface area (Å²) in [6.07, 6.45) is 0.953. The number of benzene rings is 1. The maximum absolute atomic E-state index is 13.1. The van der Waals surface area contributed by atoms with Gasteiger partial charge in [0.1, 0.15) is 17.3 Å². The quantitative estimate of drug-likeness (QED) is 0.478. The van der Waals surface area contributed by atoms with Gasteiger partial charge in [-0.25, -0.2) is 0 Å². The molecular formula is C24H37NO7. The van der Waals surface area contributed by atoms with Gasteiger partial charge in [-0.3, -0.25) is 14.4 Å². The minimum atomic E-state index is -0.993. The van der Waals surface area contributed by atoms with Gasteiger partial charge >= 0.3 is 0 Å². The Hall–Kier alpha value is -2.97. The molecule has 0 heterocycles. The molecule has 3 aliphatic rings. The SMILES string of the molecule is CC.CC(=O)C1=C(O)C2C(=O)C3=C(O)c4c(O)cccc4CC3CC2CC1=O.CNC.O.[HH].[HH]. The smallest absolute Gasteiger partial charge is 0.173 e. The second-order valence-electron chi connectivity index (χ2n) is 7.76. The molecule has 0 bridgehead atoms. The molecule has 180 valence electrons. The lowest BCUT2D eigenvalue weighted by molar-refractivity contribution is -0.127. The Morgan fingerprint density at radius 2 is 1.69 bits per heavy atom. The van der Waals surface area contributed by atoms with Crippen LogP contribution in [0.5, 0.6) is 5.75 Å². The lowest BCUT2D eigenvalue weighted by Crippen LogP contribution is -2.43. The number of carbonyl (C=O) groups is 3. The maximum Gasteiger partial charge on any atom is 0.173 e. The van der Waals surface area contributed by atoms with Crippen molar-refractivity contribution in [1.82, 2.24) is 5.32 Å².